The minimum atomic E-state index is 0.800. The minimum absolute atomic E-state index is 0.800. The van der Waals surface area contributed by atoms with Crippen molar-refractivity contribution in [3.05, 3.63) is 66.5 Å². The zero-order chi connectivity index (χ0) is 29.2. The molecule has 2 aromatic carbocycles. The first-order valence-corrected chi connectivity index (χ1v) is 17.4. The van der Waals surface area contributed by atoms with Crippen molar-refractivity contribution in [2.24, 2.45) is 11.8 Å². The Morgan fingerprint density at radius 3 is 1.69 bits per heavy atom. The second kappa shape index (κ2) is 18.8. The summed E-state index contributed by atoms with van der Waals surface area (Å²) in [6.07, 6.45) is 28.3. The maximum absolute atomic E-state index is 6.10. The quantitative estimate of drug-likeness (QED) is 0.135. The molecule has 0 radical (unpaired) electrons. The third kappa shape index (κ3) is 11.2. The SMILES string of the molecule is CCCCCCCCCc1cnc(-c2ccc(-c3ccc(OCCCC4CCC(CCCCC)CC4)cc3)cc2)nc1. The monoisotopic (exact) mass is 568 g/mol. The molecule has 1 aliphatic rings. The van der Waals surface area contributed by atoms with Crippen LogP contribution in [0.15, 0.2) is 60.9 Å². The summed E-state index contributed by atoms with van der Waals surface area (Å²) < 4.78 is 6.10. The Labute approximate surface area is 256 Å². The lowest BCUT2D eigenvalue weighted by Gasteiger charge is -2.28. The Kier molecular flexibility index (Phi) is 14.4. The van der Waals surface area contributed by atoms with Crippen molar-refractivity contribution in [3.8, 4) is 28.3 Å². The molecule has 0 amide bonds. The second-order valence-electron chi connectivity index (χ2n) is 12.8. The van der Waals surface area contributed by atoms with Gasteiger partial charge in [-0.05, 0) is 66.3 Å². The molecule has 1 aromatic heterocycles. The first-order chi connectivity index (χ1) is 20.7. The lowest BCUT2D eigenvalue weighted by molar-refractivity contribution is 0.228. The molecule has 3 aromatic rings. The molecule has 42 heavy (non-hydrogen) atoms. The van der Waals surface area contributed by atoms with Gasteiger partial charge in [0.2, 0.25) is 0 Å². The maximum Gasteiger partial charge on any atom is 0.159 e. The predicted molar refractivity (Wildman–Crippen MR) is 179 cm³/mol. The van der Waals surface area contributed by atoms with Crippen LogP contribution in [0.3, 0.4) is 0 Å². The maximum atomic E-state index is 6.10. The summed E-state index contributed by atoms with van der Waals surface area (Å²) in [6.45, 7) is 5.40. The molecule has 1 fully saturated rings. The molecule has 1 saturated carbocycles. The highest BCUT2D eigenvalue weighted by atomic mass is 16.5. The van der Waals surface area contributed by atoms with Gasteiger partial charge in [0.05, 0.1) is 6.61 Å². The average Bonchev–Trinajstić information content (AvgIpc) is 3.04. The van der Waals surface area contributed by atoms with Gasteiger partial charge in [0, 0.05) is 18.0 Å². The highest BCUT2D eigenvalue weighted by molar-refractivity contribution is 5.68. The fourth-order valence-corrected chi connectivity index (χ4v) is 6.53. The number of aromatic nitrogens is 2. The summed E-state index contributed by atoms with van der Waals surface area (Å²) in [6, 6.07) is 17.1. The molecule has 1 aliphatic carbocycles. The molecule has 1 heterocycles. The number of aryl methyl sites for hydroxylation is 1. The molecule has 4 rings (SSSR count). The van der Waals surface area contributed by atoms with Gasteiger partial charge in [0.1, 0.15) is 5.75 Å². The summed E-state index contributed by atoms with van der Waals surface area (Å²) in [4.78, 5) is 9.31. The summed E-state index contributed by atoms with van der Waals surface area (Å²) in [7, 11) is 0. The summed E-state index contributed by atoms with van der Waals surface area (Å²) >= 11 is 0. The summed E-state index contributed by atoms with van der Waals surface area (Å²) in [5.74, 6) is 3.69. The molecule has 0 atom stereocenters. The molecule has 0 unspecified atom stereocenters. The second-order valence-corrected chi connectivity index (χ2v) is 12.8. The number of hydrogen-bond donors (Lipinski definition) is 0. The van der Waals surface area contributed by atoms with Crippen LogP contribution in [0.5, 0.6) is 5.75 Å². The molecule has 0 bridgehead atoms. The van der Waals surface area contributed by atoms with Crippen molar-refractivity contribution in [2.75, 3.05) is 6.61 Å². The van der Waals surface area contributed by atoms with Gasteiger partial charge in [0.15, 0.2) is 5.82 Å². The van der Waals surface area contributed by atoms with Crippen molar-refractivity contribution in [1.29, 1.82) is 0 Å². The molecule has 0 N–H and O–H groups in total. The molecular formula is C39H56N2O. The van der Waals surface area contributed by atoms with Gasteiger partial charge in [-0.1, -0.05) is 140 Å². The minimum Gasteiger partial charge on any atom is -0.494 e. The van der Waals surface area contributed by atoms with E-state index in [-0.39, 0.29) is 0 Å². The van der Waals surface area contributed by atoms with E-state index in [1.54, 1.807) is 0 Å². The van der Waals surface area contributed by atoms with Crippen LogP contribution in [0.1, 0.15) is 129 Å². The molecule has 3 nitrogen and oxygen atoms in total. The Morgan fingerprint density at radius 1 is 0.571 bits per heavy atom. The van der Waals surface area contributed by atoms with Gasteiger partial charge in [-0.2, -0.15) is 0 Å². The Bertz CT molecular complexity index is 1100. The normalized spacial score (nSPS) is 16.9. The van der Waals surface area contributed by atoms with Crippen LogP contribution in [0, 0.1) is 11.8 Å². The van der Waals surface area contributed by atoms with E-state index in [4.69, 9.17) is 4.74 Å². The van der Waals surface area contributed by atoms with E-state index >= 15 is 0 Å². The molecule has 0 spiro atoms. The highest BCUT2D eigenvalue weighted by Crippen LogP contribution is 2.34. The van der Waals surface area contributed by atoms with Crippen molar-refractivity contribution in [3.63, 3.8) is 0 Å². The fraction of sp³-hybridized carbons (Fsp3) is 0.590. The number of rotatable bonds is 19. The van der Waals surface area contributed by atoms with Gasteiger partial charge >= 0.3 is 0 Å². The zero-order valence-electron chi connectivity index (χ0n) is 26.7. The Balaban J connectivity index is 1.14. The fourth-order valence-electron chi connectivity index (χ4n) is 6.53. The van der Waals surface area contributed by atoms with E-state index in [9.17, 15) is 0 Å². The number of ether oxygens (including phenoxy) is 1. The van der Waals surface area contributed by atoms with Gasteiger partial charge in [-0.15, -0.1) is 0 Å². The smallest absolute Gasteiger partial charge is 0.159 e. The number of nitrogens with zero attached hydrogens (tertiary/aromatic N) is 2. The lowest BCUT2D eigenvalue weighted by atomic mass is 9.78. The van der Waals surface area contributed by atoms with Crippen molar-refractivity contribution < 1.29 is 4.74 Å². The van der Waals surface area contributed by atoms with Crippen LogP contribution in [-0.4, -0.2) is 16.6 Å². The molecule has 0 saturated heterocycles. The van der Waals surface area contributed by atoms with Crippen LogP contribution >= 0.6 is 0 Å². The standard InChI is InChI=1S/C39H56N2O/c1-3-5-7-8-9-10-12-15-34-30-40-39(41-31-34)37-23-21-35(22-24-37)36-25-27-38(28-26-36)42-29-13-16-33-19-17-32(18-20-33)14-11-6-4-2/h21-28,30-33H,3-20,29H2,1-2H3. The largest absolute Gasteiger partial charge is 0.494 e. The zero-order valence-corrected chi connectivity index (χ0v) is 26.7. The number of benzene rings is 2. The molecule has 3 heteroatoms. The third-order valence-electron chi connectivity index (χ3n) is 9.31. The van der Waals surface area contributed by atoms with E-state index in [0.29, 0.717) is 0 Å². The molecule has 0 aliphatic heterocycles. The van der Waals surface area contributed by atoms with Crippen LogP contribution < -0.4 is 4.74 Å². The average molecular weight is 569 g/mol. The molecular weight excluding hydrogens is 512 g/mol. The molecule has 228 valence electrons. The van der Waals surface area contributed by atoms with Gasteiger partial charge in [-0.3, -0.25) is 0 Å². The predicted octanol–water partition coefficient (Wildman–Crippen LogP) is 11.6. The van der Waals surface area contributed by atoms with Gasteiger partial charge in [0.25, 0.3) is 0 Å². The summed E-state index contributed by atoms with van der Waals surface area (Å²) in [5.41, 5.74) is 4.71. The van der Waals surface area contributed by atoms with E-state index in [0.717, 1.165) is 48.4 Å². The van der Waals surface area contributed by atoms with Crippen LogP contribution in [0.4, 0.5) is 0 Å². The van der Waals surface area contributed by atoms with Crippen molar-refractivity contribution in [1.82, 2.24) is 9.97 Å². The van der Waals surface area contributed by atoms with E-state index < -0.39 is 0 Å². The lowest BCUT2D eigenvalue weighted by Crippen LogP contribution is -2.15. The Hall–Kier alpha value is -2.68. The van der Waals surface area contributed by atoms with Crippen molar-refractivity contribution in [2.45, 2.75) is 129 Å². The van der Waals surface area contributed by atoms with Gasteiger partial charge < -0.3 is 4.74 Å². The van der Waals surface area contributed by atoms with E-state index in [1.165, 1.54) is 119 Å². The van der Waals surface area contributed by atoms with Crippen LogP contribution in [-0.2, 0) is 6.42 Å². The summed E-state index contributed by atoms with van der Waals surface area (Å²) in [5, 5.41) is 0. The first kappa shape index (κ1) is 32.2. The van der Waals surface area contributed by atoms with E-state index in [1.807, 2.05) is 12.4 Å². The highest BCUT2D eigenvalue weighted by Gasteiger charge is 2.20. The third-order valence-corrected chi connectivity index (χ3v) is 9.31. The van der Waals surface area contributed by atoms with Crippen LogP contribution in [0.25, 0.3) is 22.5 Å². The Morgan fingerprint density at radius 2 is 1.07 bits per heavy atom. The number of unbranched alkanes of at least 4 members (excludes halogenated alkanes) is 8. The number of hydrogen-bond acceptors (Lipinski definition) is 3. The van der Waals surface area contributed by atoms with Gasteiger partial charge in [-0.25, -0.2) is 9.97 Å². The first-order valence-electron chi connectivity index (χ1n) is 17.4. The topological polar surface area (TPSA) is 35.0 Å². The van der Waals surface area contributed by atoms with Crippen molar-refractivity contribution >= 4 is 0 Å². The van der Waals surface area contributed by atoms with E-state index in [2.05, 4.69) is 72.3 Å². The van der Waals surface area contributed by atoms with Crippen LogP contribution in [0.2, 0.25) is 0 Å².